The van der Waals surface area contributed by atoms with Gasteiger partial charge in [0.2, 0.25) is 0 Å². The number of aryl methyl sites for hydroxylation is 1. The molecular weight excluding hydrogens is 254 g/mol. The van der Waals surface area contributed by atoms with Crippen molar-refractivity contribution in [2.24, 2.45) is 0 Å². The molecule has 1 heterocycles. The molecule has 0 spiro atoms. The van der Waals surface area contributed by atoms with Gasteiger partial charge in [-0.2, -0.15) is 5.10 Å². The quantitative estimate of drug-likeness (QED) is 0.723. The first-order valence-electron chi connectivity index (χ1n) is 5.42. The molecule has 0 aromatic carbocycles. The van der Waals surface area contributed by atoms with Crippen molar-refractivity contribution in [3.05, 3.63) is 17.5 Å². The summed E-state index contributed by atoms with van der Waals surface area (Å²) in [7, 11) is 2.39. The Bertz CT molecular complexity index is 464. The van der Waals surface area contributed by atoms with E-state index in [1.165, 1.54) is 20.3 Å². The smallest absolute Gasteiger partial charge is 0.325 e. The summed E-state index contributed by atoms with van der Waals surface area (Å²) < 4.78 is 8.95. The molecule has 0 unspecified atom stereocenters. The summed E-state index contributed by atoms with van der Waals surface area (Å²) in [5, 5.41) is 6.39. The van der Waals surface area contributed by atoms with E-state index in [1.807, 2.05) is 0 Å². The molecule has 0 saturated heterocycles. The van der Waals surface area contributed by atoms with Crippen LogP contribution < -0.4 is 0 Å². The van der Waals surface area contributed by atoms with Crippen LogP contribution in [0.3, 0.4) is 0 Å². The van der Waals surface area contributed by atoms with Crippen molar-refractivity contribution in [1.82, 2.24) is 15.1 Å². The lowest BCUT2D eigenvalue weighted by Crippen LogP contribution is -2.40. The summed E-state index contributed by atoms with van der Waals surface area (Å²) in [6.45, 7) is 1.03. The Morgan fingerprint density at radius 2 is 1.74 bits per heavy atom. The highest BCUT2D eigenvalue weighted by Crippen LogP contribution is 2.04. The number of rotatable bonds is 5. The Kier molecular flexibility index (Phi) is 5.04. The highest BCUT2D eigenvalue weighted by atomic mass is 16.5. The largest absolute Gasteiger partial charge is 0.468 e. The Labute approximate surface area is 109 Å². The molecule has 104 valence electrons. The van der Waals surface area contributed by atoms with Crippen LogP contribution in [-0.4, -0.2) is 60.3 Å². The summed E-state index contributed by atoms with van der Waals surface area (Å²) >= 11 is 0. The number of esters is 2. The van der Waals surface area contributed by atoms with Gasteiger partial charge in [0.15, 0.2) is 0 Å². The fraction of sp³-hybridized carbons (Fsp3) is 0.455. The molecule has 0 aliphatic rings. The lowest BCUT2D eigenvalue weighted by atomic mass is 10.3. The van der Waals surface area contributed by atoms with E-state index < -0.39 is 17.8 Å². The predicted molar refractivity (Wildman–Crippen MR) is 63.3 cm³/mol. The van der Waals surface area contributed by atoms with Crippen LogP contribution in [0.2, 0.25) is 0 Å². The Morgan fingerprint density at radius 1 is 1.21 bits per heavy atom. The van der Waals surface area contributed by atoms with Gasteiger partial charge in [-0.05, 0) is 13.0 Å². The number of hydrogen-bond acceptors (Lipinski definition) is 6. The van der Waals surface area contributed by atoms with E-state index in [0.29, 0.717) is 5.69 Å². The van der Waals surface area contributed by atoms with Gasteiger partial charge in [0, 0.05) is 5.69 Å². The molecule has 1 N–H and O–H groups in total. The Morgan fingerprint density at radius 3 is 2.11 bits per heavy atom. The first kappa shape index (κ1) is 14.7. The van der Waals surface area contributed by atoms with Gasteiger partial charge in [0.25, 0.3) is 5.91 Å². The average Bonchev–Trinajstić information content (AvgIpc) is 2.83. The first-order chi connectivity index (χ1) is 8.97. The highest BCUT2D eigenvalue weighted by molar-refractivity contribution is 5.96. The first-order valence-corrected chi connectivity index (χ1v) is 5.42. The zero-order valence-electron chi connectivity index (χ0n) is 10.9. The van der Waals surface area contributed by atoms with Crippen molar-refractivity contribution < 1.29 is 23.9 Å². The maximum Gasteiger partial charge on any atom is 0.325 e. The number of amides is 1. The number of methoxy groups -OCH3 is 2. The molecule has 0 fully saturated rings. The number of carbonyl (C=O) groups excluding carboxylic acids is 3. The van der Waals surface area contributed by atoms with Gasteiger partial charge >= 0.3 is 11.9 Å². The van der Waals surface area contributed by atoms with Crippen LogP contribution in [0.25, 0.3) is 0 Å². The third kappa shape index (κ3) is 4.09. The molecule has 1 aromatic rings. The van der Waals surface area contributed by atoms with E-state index in [9.17, 15) is 14.4 Å². The van der Waals surface area contributed by atoms with Gasteiger partial charge in [-0.25, -0.2) is 0 Å². The van der Waals surface area contributed by atoms with E-state index in [-0.39, 0.29) is 18.8 Å². The number of hydrogen-bond donors (Lipinski definition) is 1. The summed E-state index contributed by atoms with van der Waals surface area (Å²) in [5.74, 6) is -1.82. The lowest BCUT2D eigenvalue weighted by Gasteiger charge is -2.18. The molecule has 0 bridgehead atoms. The minimum Gasteiger partial charge on any atom is -0.468 e. The Balaban J connectivity index is 2.85. The summed E-state index contributed by atoms with van der Waals surface area (Å²) in [6.07, 6.45) is 0. The number of carbonyl (C=O) groups is 3. The molecule has 19 heavy (non-hydrogen) atoms. The van der Waals surface area contributed by atoms with Crippen LogP contribution in [0.4, 0.5) is 0 Å². The van der Waals surface area contributed by atoms with Crippen molar-refractivity contribution in [3.8, 4) is 0 Å². The van der Waals surface area contributed by atoms with Crippen molar-refractivity contribution in [2.75, 3.05) is 27.3 Å². The molecule has 8 nitrogen and oxygen atoms in total. The predicted octanol–water partition coefficient (Wildman–Crippen LogP) is -0.494. The molecule has 0 saturated carbocycles. The van der Waals surface area contributed by atoms with Crippen LogP contribution in [0.15, 0.2) is 6.07 Å². The van der Waals surface area contributed by atoms with E-state index in [2.05, 4.69) is 19.7 Å². The minimum absolute atomic E-state index is 0.116. The normalized spacial score (nSPS) is 9.84. The van der Waals surface area contributed by atoms with Crippen molar-refractivity contribution >= 4 is 17.8 Å². The number of nitrogens with zero attached hydrogens (tertiary/aromatic N) is 2. The van der Waals surface area contributed by atoms with Crippen molar-refractivity contribution in [1.29, 1.82) is 0 Å². The fourth-order valence-corrected chi connectivity index (χ4v) is 1.33. The van der Waals surface area contributed by atoms with Gasteiger partial charge in [0.05, 0.1) is 14.2 Å². The molecule has 1 aromatic heterocycles. The average molecular weight is 269 g/mol. The van der Waals surface area contributed by atoms with Gasteiger partial charge in [0.1, 0.15) is 18.8 Å². The summed E-state index contributed by atoms with van der Waals surface area (Å²) in [4.78, 5) is 35.6. The number of nitrogens with one attached hydrogen (secondary N) is 1. The van der Waals surface area contributed by atoms with Crippen molar-refractivity contribution in [2.45, 2.75) is 6.92 Å². The second-order valence-corrected chi connectivity index (χ2v) is 3.75. The zero-order valence-corrected chi connectivity index (χ0v) is 10.9. The van der Waals surface area contributed by atoms with Gasteiger partial charge in [-0.3, -0.25) is 19.5 Å². The SMILES string of the molecule is COC(=O)CN(CC(=O)OC)C(=O)c1cc(C)[nH]n1. The second kappa shape index (κ2) is 6.53. The Hall–Kier alpha value is -2.38. The number of aromatic amines is 1. The maximum absolute atomic E-state index is 12.1. The lowest BCUT2D eigenvalue weighted by molar-refractivity contribution is -0.144. The standard InChI is InChI=1S/C11H15N3O5/c1-7-4-8(13-12-7)11(17)14(5-9(15)18-2)6-10(16)19-3/h4H,5-6H2,1-3H3,(H,12,13). The van der Waals surface area contributed by atoms with Crippen LogP contribution in [-0.2, 0) is 19.1 Å². The van der Waals surface area contributed by atoms with Crippen LogP contribution in [0.5, 0.6) is 0 Å². The topological polar surface area (TPSA) is 102 Å². The van der Waals surface area contributed by atoms with Crippen LogP contribution in [0.1, 0.15) is 16.2 Å². The molecule has 1 rings (SSSR count). The second-order valence-electron chi connectivity index (χ2n) is 3.75. The minimum atomic E-state index is -0.635. The number of ether oxygens (including phenoxy) is 2. The molecule has 1 amide bonds. The number of H-pyrrole nitrogens is 1. The molecule has 0 aliphatic heterocycles. The number of aromatic nitrogens is 2. The van der Waals surface area contributed by atoms with Gasteiger partial charge in [-0.1, -0.05) is 0 Å². The fourth-order valence-electron chi connectivity index (χ4n) is 1.33. The molecule has 8 heteroatoms. The molecule has 0 radical (unpaired) electrons. The van der Waals surface area contributed by atoms with Crippen molar-refractivity contribution in [3.63, 3.8) is 0 Å². The van der Waals surface area contributed by atoms with E-state index in [0.717, 1.165) is 4.90 Å². The van der Waals surface area contributed by atoms with Crippen LogP contribution in [0, 0.1) is 6.92 Å². The molecule has 0 atom stereocenters. The molecule has 0 aliphatic carbocycles. The van der Waals surface area contributed by atoms with Gasteiger partial charge < -0.3 is 14.4 Å². The molecular formula is C11H15N3O5. The third-order valence-corrected chi connectivity index (χ3v) is 2.31. The van der Waals surface area contributed by atoms with Gasteiger partial charge in [-0.15, -0.1) is 0 Å². The van der Waals surface area contributed by atoms with E-state index in [1.54, 1.807) is 6.92 Å². The highest BCUT2D eigenvalue weighted by Gasteiger charge is 2.23. The van der Waals surface area contributed by atoms with E-state index >= 15 is 0 Å². The summed E-state index contributed by atoms with van der Waals surface area (Å²) in [6, 6.07) is 1.52. The van der Waals surface area contributed by atoms with Crippen LogP contribution >= 0.6 is 0 Å². The zero-order chi connectivity index (χ0) is 14.4. The maximum atomic E-state index is 12.1. The van der Waals surface area contributed by atoms with E-state index in [4.69, 9.17) is 0 Å². The third-order valence-electron chi connectivity index (χ3n) is 2.31. The summed E-state index contributed by atoms with van der Waals surface area (Å²) in [5.41, 5.74) is 0.810. The monoisotopic (exact) mass is 269 g/mol.